The van der Waals surface area contributed by atoms with Gasteiger partial charge in [0, 0.05) is 16.6 Å². The second-order valence-electron chi connectivity index (χ2n) is 15.2. The molecule has 0 radical (unpaired) electrons. The van der Waals surface area contributed by atoms with Crippen LogP contribution in [-0.4, -0.2) is 22.0 Å². The number of rotatable bonds is 12. The van der Waals surface area contributed by atoms with Crippen molar-refractivity contribution in [2.75, 3.05) is 0 Å². The molecule has 1 aliphatic rings. The fraction of sp³-hybridized carbons (Fsp3) is 0.255. The molecule has 7 rings (SSSR count). The number of nitrogens with one attached hydrogen (secondary N) is 1. The third kappa shape index (κ3) is 8.80. The van der Waals surface area contributed by atoms with Gasteiger partial charge in [-0.05, 0) is 88.4 Å². The number of benzene rings is 5. The SMILES string of the molecule is CC(C)(C)c1ccc(Oc2ccc3cc(C(=O)NC(CC(=O)O)c4ccc(-c5ccccc5Oc5ccccc5)cc4)nc(CC4CCCC4)c3c2)cc1. The Morgan fingerprint density at radius 3 is 2.15 bits per heavy atom. The summed E-state index contributed by atoms with van der Waals surface area (Å²) in [7, 11) is 0. The standard InChI is InChI=1S/C47H46N2O5/c1-47(2,3)35-22-25-37(26-23-35)53-38-24-21-34-28-43(48-42(40(34)29-38)27-31-11-7-8-12-31)46(52)49-41(30-45(50)51)33-19-17-32(18-20-33)39-15-9-10-16-44(39)54-36-13-5-4-6-14-36/h4-6,9-10,13-26,28-29,31,41H,7-8,11-12,27,30H2,1-3H3,(H,49,52)(H,50,51). The molecule has 0 spiro atoms. The summed E-state index contributed by atoms with van der Waals surface area (Å²) in [6, 6.07) is 40.1. The van der Waals surface area contributed by atoms with E-state index in [1.165, 1.54) is 18.4 Å². The van der Waals surface area contributed by atoms with Crippen LogP contribution < -0.4 is 14.8 Å². The number of carbonyl (C=O) groups excluding carboxylic acids is 1. The molecule has 0 bridgehead atoms. The van der Waals surface area contributed by atoms with Crippen molar-refractivity contribution < 1.29 is 24.2 Å². The molecule has 1 saturated carbocycles. The summed E-state index contributed by atoms with van der Waals surface area (Å²) in [5.74, 6) is 1.96. The second-order valence-corrected chi connectivity index (χ2v) is 15.2. The molecule has 1 atom stereocenters. The Morgan fingerprint density at radius 1 is 0.778 bits per heavy atom. The van der Waals surface area contributed by atoms with Crippen LogP contribution >= 0.6 is 0 Å². The van der Waals surface area contributed by atoms with Crippen molar-refractivity contribution in [1.82, 2.24) is 10.3 Å². The number of amides is 1. The number of fused-ring (bicyclic) bond motifs is 1. The number of para-hydroxylation sites is 2. The maximum absolute atomic E-state index is 13.9. The van der Waals surface area contributed by atoms with Crippen molar-refractivity contribution in [3.05, 3.63) is 150 Å². The topological polar surface area (TPSA) is 97.8 Å². The molecule has 1 heterocycles. The van der Waals surface area contributed by atoms with Gasteiger partial charge in [-0.1, -0.05) is 125 Å². The van der Waals surface area contributed by atoms with Crippen molar-refractivity contribution in [1.29, 1.82) is 0 Å². The first-order chi connectivity index (χ1) is 26.1. The zero-order chi connectivity index (χ0) is 37.7. The summed E-state index contributed by atoms with van der Waals surface area (Å²) in [6.45, 7) is 6.56. The molecular formula is C47H46N2O5. The van der Waals surface area contributed by atoms with Crippen molar-refractivity contribution >= 4 is 22.6 Å². The van der Waals surface area contributed by atoms with Crippen LogP contribution in [0.15, 0.2) is 127 Å². The number of carboxylic acids is 1. The summed E-state index contributed by atoms with van der Waals surface area (Å²) in [5.41, 5.74) is 4.89. The van der Waals surface area contributed by atoms with Crippen LogP contribution in [0.3, 0.4) is 0 Å². The van der Waals surface area contributed by atoms with Crippen molar-refractivity contribution in [3.63, 3.8) is 0 Å². The Balaban J connectivity index is 1.14. The van der Waals surface area contributed by atoms with Gasteiger partial charge in [0.15, 0.2) is 0 Å². The number of ether oxygens (including phenoxy) is 2. The first kappa shape index (κ1) is 36.4. The zero-order valence-electron chi connectivity index (χ0n) is 31.0. The molecule has 1 amide bonds. The fourth-order valence-electron chi connectivity index (χ4n) is 7.24. The number of carboxylic acid groups (broad SMARTS) is 1. The Hall–Kier alpha value is -5.95. The summed E-state index contributed by atoms with van der Waals surface area (Å²) in [5, 5.41) is 14.7. The predicted octanol–water partition coefficient (Wildman–Crippen LogP) is 11.5. The highest BCUT2D eigenvalue weighted by atomic mass is 16.5. The van der Waals surface area contributed by atoms with E-state index in [0.29, 0.717) is 23.0 Å². The maximum Gasteiger partial charge on any atom is 0.305 e. The fourth-order valence-corrected chi connectivity index (χ4v) is 7.24. The second kappa shape index (κ2) is 16.0. The number of hydrogen-bond donors (Lipinski definition) is 2. The van der Waals surface area contributed by atoms with E-state index in [1.54, 1.807) is 6.07 Å². The maximum atomic E-state index is 13.9. The molecule has 0 saturated heterocycles. The van der Waals surface area contributed by atoms with Gasteiger partial charge in [-0.2, -0.15) is 0 Å². The molecule has 7 heteroatoms. The highest BCUT2D eigenvalue weighted by Crippen LogP contribution is 2.36. The monoisotopic (exact) mass is 718 g/mol. The average Bonchev–Trinajstić information content (AvgIpc) is 3.68. The minimum Gasteiger partial charge on any atom is -0.481 e. The van der Waals surface area contributed by atoms with Gasteiger partial charge in [-0.3, -0.25) is 9.59 Å². The predicted molar refractivity (Wildman–Crippen MR) is 213 cm³/mol. The van der Waals surface area contributed by atoms with Gasteiger partial charge in [0.05, 0.1) is 12.5 Å². The Labute approximate surface area is 317 Å². The minimum atomic E-state index is -1.01. The van der Waals surface area contributed by atoms with E-state index in [-0.39, 0.29) is 17.5 Å². The molecule has 5 aromatic carbocycles. The summed E-state index contributed by atoms with van der Waals surface area (Å²) in [4.78, 5) is 31.0. The van der Waals surface area contributed by atoms with E-state index >= 15 is 0 Å². The number of carbonyl (C=O) groups is 2. The number of hydrogen-bond acceptors (Lipinski definition) is 5. The van der Waals surface area contributed by atoms with E-state index in [2.05, 4.69) is 38.2 Å². The molecule has 274 valence electrons. The Morgan fingerprint density at radius 2 is 1.44 bits per heavy atom. The van der Waals surface area contributed by atoms with E-state index in [0.717, 1.165) is 58.4 Å². The lowest BCUT2D eigenvalue weighted by molar-refractivity contribution is -0.137. The third-order valence-electron chi connectivity index (χ3n) is 10.2. The molecule has 1 unspecified atom stereocenters. The molecule has 54 heavy (non-hydrogen) atoms. The van der Waals surface area contributed by atoms with E-state index < -0.39 is 17.9 Å². The lowest BCUT2D eigenvalue weighted by atomic mass is 9.87. The zero-order valence-corrected chi connectivity index (χ0v) is 31.0. The van der Waals surface area contributed by atoms with Gasteiger partial charge >= 0.3 is 5.97 Å². The number of aliphatic carboxylic acids is 1. The van der Waals surface area contributed by atoms with Gasteiger partial charge in [0.25, 0.3) is 5.91 Å². The van der Waals surface area contributed by atoms with Crippen LogP contribution in [0.25, 0.3) is 21.9 Å². The highest BCUT2D eigenvalue weighted by molar-refractivity contribution is 5.98. The quantitative estimate of drug-likeness (QED) is 0.131. The lowest BCUT2D eigenvalue weighted by Gasteiger charge is -2.20. The largest absolute Gasteiger partial charge is 0.481 e. The normalized spacial score (nSPS) is 13.8. The van der Waals surface area contributed by atoms with Gasteiger partial charge in [0.1, 0.15) is 28.7 Å². The first-order valence-corrected chi connectivity index (χ1v) is 18.8. The lowest BCUT2D eigenvalue weighted by Crippen LogP contribution is -2.31. The molecule has 0 aliphatic heterocycles. The summed E-state index contributed by atoms with van der Waals surface area (Å²) < 4.78 is 12.5. The highest BCUT2D eigenvalue weighted by Gasteiger charge is 2.23. The van der Waals surface area contributed by atoms with Crippen LogP contribution in [0.2, 0.25) is 0 Å². The van der Waals surface area contributed by atoms with Crippen molar-refractivity contribution in [2.24, 2.45) is 5.92 Å². The number of nitrogens with zero attached hydrogens (tertiary/aromatic N) is 1. The van der Waals surface area contributed by atoms with Gasteiger partial charge in [0.2, 0.25) is 0 Å². The third-order valence-corrected chi connectivity index (χ3v) is 10.2. The van der Waals surface area contributed by atoms with E-state index in [1.807, 2.05) is 109 Å². The number of pyridine rings is 1. The molecule has 1 aliphatic carbocycles. The van der Waals surface area contributed by atoms with Crippen LogP contribution in [-0.2, 0) is 16.6 Å². The van der Waals surface area contributed by atoms with Gasteiger partial charge in [-0.25, -0.2) is 4.98 Å². The van der Waals surface area contributed by atoms with Crippen molar-refractivity contribution in [3.8, 4) is 34.1 Å². The molecular weight excluding hydrogens is 673 g/mol. The van der Waals surface area contributed by atoms with E-state index in [9.17, 15) is 14.7 Å². The minimum absolute atomic E-state index is 0.0516. The van der Waals surface area contributed by atoms with Gasteiger partial charge in [-0.15, -0.1) is 0 Å². The summed E-state index contributed by atoms with van der Waals surface area (Å²) in [6.07, 6.45) is 5.15. The van der Waals surface area contributed by atoms with Crippen LogP contribution in [0.4, 0.5) is 0 Å². The molecule has 7 nitrogen and oxygen atoms in total. The molecule has 2 N–H and O–H groups in total. The van der Waals surface area contributed by atoms with Crippen LogP contribution in [0, 0.1) is 5.92 Å². The van der Waals surface area contributed by atoms with E-state index in [4.69, 9.17) is 14.5 Å². The Kier molecular flexibility index (Phi) is 10.8. The van der Waals surface area contributed by atoms with Crippen LogP contribution in [0.5, 0.6) is 23.0 Å². The summed E-state index contributed by atoms with van der Waals surface area (Å²) >= 11 is 0. The Bertz CT molecular complexity index is 2240. The first-order valence-electron chi connectivity index (χ1n) is 18.8. The van der Waals surface area contributed by atoms with Crippen molar-refractivity contribution in [2.45, 2.75) is 70.8 Å². The molecule has 1 aromatic heterocycles. The number of aromatic nitrogens is 1. The molecule has 1 fully saturated rings. The average molecular weight is 719 g/mol. The molecule has 6 aromatic rings. The van der Waals surface area contributed by atoms with Gasteiger partial charge < -0.3 is 19.9 Å². The smallest absolute Gasteiger partial charge is 0.305 e. The van der Waals surface area contributed by atoms with Crippen LogP contribution in [0.1, 0.15) is 86.2 Å².